The van der Waals surface area contributed by atoms with Crippen molar-refractivity contribution in [2.75, 3.05) is 65.3 Å². The highest BCUT2D eigenvalue weighted by atomic mass is 15.3. The monoisotopic (exact) mass is 276 g/mol. The van der Waals surface area contributed by atoms with E-state index in [1.165, 1.54) is 30.9 Å². The molecule has 0 unspecified atom stereocenters. The van der Waals surface area contributed by atoms with Crippen LogP contribution in [0.2, 0.25) is 0 Å². The van der Waals surface area contributed by atoms with Crippen LogP contribution in [0.25, 0.3) is 0 Å². The Morgan fingerprint density at radius 3 is 2.45 bits per heavy atom. The molecule has 0 spiro atoms. The molecule has 1 saturated heterocycles. The Morgan fingerprint density at radius 1 is 1.10 bits per heavy atom. The zero-order chi connectivity index (χ0) is 14.4. The number of para-hydroxylation sites is 1. The molecular formula is C16H28N4. The molecule has 0 bridgehead atoms. The Morgan fingerprint density at radius 2 is 1.80 bits per heavy atom. The van der Waals surface area contributed by atoms with Gasteiger partial charge in [-0.2, -0.15) is 0 Å². The number of benzene rings is 1. The van der Waals surface area contributed by atoms with E-state index >= 15 is 0 Å². The van der Waals surface area contributed by atoms with E-state index < -0.39 is 0 Å². The van der Waals surface area contributed by atoms with Crippen molar-refractivity contribution in [1.82, 2.24) is 15.1 Å². The van der Waals surface area contributed by atoms with E-state index in [4.69, 9.17) is 0 Å². The molecule has 0 aliphatic carbocycles. The lowest BCUT2D eigenvalue weighted by molar-refractivity contribution is 0.229. The number of anilines is 1. The van der Waals surface area contributed by atoms with Crippen molar-refractivity contribution >= 4 is 5.69 Å². The summed E-state index contributed by atoms with van der Waals surface area (Å²) >= 11 is 0. The first-order valence-electron chi connectivity index (χ1n) is 7.55. The van der Waals surface area contributed by atoms with Gasteiger partial charge in [0, 0.05) is 51.5 Å². The molecule has 0 atom stereocenters. The minimum absolute atomic E-state index is 0.941. The third-order valence-corrected chi connectivity index (χ3v) is 3.94. The Balaban J connectivity index is 1.90. The molecule has 1 N–H and O–H groups in total. The van der Waals surface area contributed by atoms with Crippen LogP contribution in [-0.2, 0) is 6.54 Å². The highest BCUT2D eigenvalue weighted by Crippen LogP contribution is 2.21. The SMILES string of the molecule is CNCc1ccccc1N1CCN(CCN(C)C)CC1. The molecule has 0 radical (unpaired) electrons. The molecule has 1 aliphatic heterocycles. The van der Waals surface area contributed by atoms with Crippen LogP contribution in [0.5, 0.6) is 0 Å². The zero-order valence-corrected chi connectivity index (χ0v) is 13.1. The highest BCUT2D eigenvalue weighted by molar-refractivity contribution is 5.54. The lowest BCUT2D eigenvalue weighted by Crippen LogP contribution is -2.48. The molecule has 0 saturated carbocycles. The van der Waals surface area contributed by atoms with E-state index in [0.29, 0.717) is 0 Å². The summed E-state index contributed by atoms with van der Waals surface area (Å²) in [4.78, 5) is 7.35. The standard InChI is InChI=1S/C16H28N4/c1-17-14-15-6-4-5-7-16(15)20-12-10-19(11-13-20)9-8-18(2)3/h4-7,17H,8-14H2,1-3H3. The average molecular weight is 276 g/mol. The molecule has 1 fully saturated rings. The van der Waals surface area contributed by atoms with Gasteiger partial charge in [0.15, 0.2) is 0 Å². The third-order valence-electron chi connectivity index (χ3n) is 3.94. The van der Waals surface area contributed by atoms with Crippen molar-refractivity contribution in [2.45, 2.75) is 6.54 Å². The van der Waals surface area contributed by atoms with Crippen LogP contribution in [0, 0.1) is 0 Å². The second-order valence-electron chi connectivity index (χ2n) is 5.79. The molecule has 2 rings (SSSR count). The van der Waals surface area contributed by atoms with Crippen LogP contribution in [0.1, 0.15) is 5.56 Å². The van der Waals surface area contributed by atoms with Crippen molar-refractivity contribution in [3.63, 3.8) is 0 Å². The molecule has 1 heterocycles. The summed E-state index contributed by atoms with van der Waals surface area (Å²) in [5.41, 5.74) is 2.80. The molecule has 1 aromatic carbocycles. The lowest BCUT2D eigenvalue weighted by Gasteiger charge is -2.37. The predicted molar refractivity (Wildman–Crippen MR) is 86.4 cm³/mol. The van der Waals surface area contributed by atoms with Crippen molar-refractivity contribution in [1.29, 1.82) is 0 Å². The smallest absolute Gasteiger partial charge is 0.0412 e. The average Bonchev–Trinajstić information content (AvgIpc) is 2.47. The quantitative estimate of drug-likeness (QED) is 0.839. The second kappa shape index (κ2) is 7.62. The third kappa shape index (κ3) is 4.20. The van der Waals surface area contributed by atoms with Crippen molar-refractivity contribution < 1.29 is 0 Å². The van der Waals surface area contributed by atoms with Crippen LogP contribution in [0.4, 0.5) is 5.69 Å². The fraction of sp³-hybridized carbons (Fsp3) is 0.625. The van der Waals surface area contributed by atoms with E-state index in [2.05, 4.69) is 58.4 Å². The van der Waals surface area contributed by atoms with Gasteiger partial charge in [-0.1, -0.05) is 18.2 Å². The summed E-state index contributed by atoms with van der Waals surface area (Å²) in [6.07, 6.45) is 0. The molecule has 112 valence electrons. The molecule has 20 heavy (non-hydrogen) atoms. The Bertz CT molecular complexity index is 397. The van der Waals surface area contributed by atoms with Gasteiger partial charge < -0.3 is 15.1 Å². The molecule has 0 aromatic heterocycles. The number of piperazine rings is 1. The van der Waals surface area contributed by atoms with E-state index in [1.54, 1.807) is 0 Å². The Labute approximate surface area is 123 Å². The van der Waals surface area contributed by atoms with Crippen molar-refractivity contribution in [2.24, 2.45) is 0 Å². The van der Waals surface area contributed by atoms with E-state index in [1.807, 2.05) is 7.05 Å². The van der Waals surface area contributed by atoms with Crippen LogP contribution >= 0.6 is 0 Å². The summed E-state index contributed by atoms with van der Waals surface area (Å²) in [7, 11) is 6.30. The number of rotatable bonds is 6. The molecule has 4 heteroatoms. The molecule has 1 aliphatic rings. The first kappa shape index (κ1) is 15.3. The lowest BCUT2D eigenvalue weighted by atomic mass is 10.1. The molecule has 4 nitrogen and oxygen atoms in total. The minimum Gasteiger partial charge on any atom is -0.369 e. The highest BCUT2D eigenvalue weighted by Gasteiger charge is 2.18. The summed E-state index contributed by atoms with van der Waals surface area (Å²) in [5.74, 6) is 0. The van der Waals surface area contributed by atoms with Crippen molar-refractivity contribution in [3.05, 3.63) is 29.8 Å². The fourth-order valence-electron chi connectivity index (χ4n) is 2.71. The summed E-state index contributed by atoms with van der Waals surface area (Å²) in [6, 6.07) is 8.75. The minimum atomic E-state index is 0.941. The topological polar surface area (TPSA) is 21.8 Å². The van der Waals surface area contributed by atoms with Gasteiger partial charge in [-0.15, -0.1) is 0 Å². The van der Waals surface area contributed by atoms with Crippen LogP contribution in [0.3, 0.4) is 0 Å². The largest absolute Gasteiger partial charge is 0.369 e. The number of likely N-dealkylation sites (N-methyl/N-ethyl adjacent to an activating group) is 1. The number of nitrogens with one attached hydrogen (secondary N) is 1. The normalized spacial score (nSPS) is 16.9. The van der Waals surface area contributed by atoms with Gasteiger partial charge >= 0.3 is 0 Å². The van der Waals surface area contributed by atoms with Gasteiger partial charge in [-0.05, 0) is 32.8 Å². The maximum absolute atomic E-state index is 3.26. The van der Waals surface area contributed by atoms with Crippen LogP contribution in [-0.4, -0.2) is 70.2 Å². The predicted octanol–water partition coefficient (Wildman–Crippen LogP) is 1.09. The summed E-state index contributed by atoms with van der Waals surface area (Å²) < 4.78 is 0. The first-order valence-corrected chi connectivity index (χ1v) is 7.55. The Hall–Kier alpha value is -1.10. The number of nitrogens with zero attached hydrogens (tertiary/aromatic N) is 3. The molecule has 0 amide bonds. The van der Waals surface area contributed by atoms with Crippen molar-refractivity contribution in [3.8, 4) is 0 Å². The van der Waals surface area contributed by atoms with E-state index in [9.17, 15) is 0 Å². The summed E-state index contributed by atoms with van der Waals surface area (Å²) in [5, 5.41) is 3.26. The van der Waals surface area contributed by atoms with Gasteiger partial charge in [0.1, 0.15) is 0 Å². The van der Waals surface area contributed by atoms with Gasteiger partial charge in [-0.3, -0.25) is 4.90 Å². The Kier molecular flexibility index (Phi) is 5.83. The van der Waals surface area contributed by atoms with Gasteiger partial charge in [-0.25, -0.2) is 0 Å². The second-order valence-corrected chi connectivity index (χ2v) is 5.79. The molecular weight excluding hydrogens is 248 g/mol. The van der Waals surface area contributed by atoms with Gasteiger partial charge in [0.2, 0.25) is 0 Å². The maximum Gasteiger partial charge on any atom is 0.0412 e. The van der Waals surface area contributed by atoms with E-state index in [0.717, 1.165) is 26.2 Å². The van der Waals surface area contributed by atoms with Gasteiger partial charge in [0.25, 0.3) is 0 Å². The number of hydrogen-bond acceptors (Lipinski definition) is 4. The van der Waals surface area contributed by atoms with Crippen LogP contribution < -0.4 is 10.2 Å². The fourth-order valence-corrected chi connectivity index (χ4v) is 2.71. The first-order chi connectivity index (χ1) is 9.70. The van der Waals surface area contributed by atoms with Crippen LogP contribution in [0.15, 0.2) is 24.3 Å². The van der Waals surface area contributed by atoms with E-state index in [-0.39, 0.29) is 0 Å². The summed E-state index contributed by atoms with van der Waals surface area (Å²) in [6.45, 7) is 7.87. The number of hydrogen-bond donors (Lipinski definition) is 1. The zero-order valence-electron chi connectivity index (χ0n) is 13.1. The molecule has 1 aromatic rings. The maximum atomic E-state index is 3.26. The van der Waals surface area contributed by atoms with Gasteiger partial charge in [0.05, 0.1) is 0 Å².